The zero-order chi connectivity index (χ0) is 41.8. The van der Waals surface area contributed by atoms with Gasteiger partial charge in [-0.25, -0.2) is 0 Å². The van der Waals surface area contributed by atoms with Crippen molar-refractivity contribution in [1.82, 2.24) is 0 Å². The maximum Gasteiger partial charge on any atom is 0.143 e. The first kappa shape index (κ1) is 16.4. The maximum atomic E-state index is 9.20. The molecule has 0 spiro atoms. The third-order valence-corrected chi connectivity index (χ3v) is 8.47. The Hall–Kier alpha value is -5.92. The monoisotopic (exact) mass is 599 g/mol. The lowest BCUT2D eigenvalue weighted by atomic mass is 9.86. The molecule has 0 fully saturated rings. The van der Waals surface area contributed by atoms with Gasteiger partial charge in [-0.15, -0.1) is 0 Å². The summed E-state index contributed by atoms with van der Waals surface area (Å²) in [5.41, 5.74) is 5.39. The fourth-order valence-corrected chi connectivity index (χ4v) is 6.36. The van der Waals surface area contributed by atoms with Crippen molar-refractivity contribution in [2.45, 2.75) is 6.42 Å². The molecule has 0 aliphatic heterocycles. The van der Waals surface area contributed by atoms with Gasteiger partial charge < -0.3 is 4.42 Å². The minimum absolute atomic E-state index is 0.0140. The summed E-state index contributed by atoms with van der Waals surface area (Å²) in [6.07, 6.45) is -0.486. The number of rotatable bonds is 5. The van der Waals surface area contributed by atoms with E-state index in [0.717, 1.165) is 33.0 Å². The number of benzene rings is 8. The smallest absolute Gasteiger partial charge is 0.143 e. The molecule has 0 unspecified atom stereocenters. The number of para-hydroxylation sites is 1. The van der Waals surface area contributed by atoms with Crippen LogP contribution in [0.4, 0.5) is 0 Å². The lowest BCUT2D eigenvalue weighted by molar-refractivity contribution is 0.670. The van der Waals surface area contributed by atoms with Crippen molar-refractivity contribution in [2.75, 3.05) is 0 Å². The molecule has 9 aromatic rings. The topological polar surface area (TPSA) is 13.1 Å². The fraction of sp³-hybridized carbons (Fsp3) is 0.0222. The summed E-state index contributed by atoms with van der Waals surface area (Å²) in [6.45, 7) is 0. The predicted octanol–water partition coefficient (Wildman–Crippen LogP) is 12.5. The SMILES string of the molecule is [2H]c1c([2H])c([2H])c(Cc2c3c([2H])c([2H])c([2H])c([2H])c3c(-c3ccc(-c4cccc5c4oc4ccc(-c6ccccc6)cc45)cc3)c3c([2H])c([2H])c([2H])c([2H])c23)c([2H])c1[2H]. The van der Waals surface area contributed by atoms with E-state index in [-0.39, 0.29) is 38.2 Å². The van der Waals surface area contributed by atoms with Crippen LogP contribution in [0.2, 0.25) is 0 Å². The summed E-state index contributed by atoms with van der Waals surface area (Å²) < 4.78 is 120. The normalized spacial score (nSPS) is 15.5. The van der Waals surface area contributed by atoms with Crippen LogP contribution in [0, 0.1) is 0 Å². The van der Waals surface area contributed by atoms with Gasteiger partial charge in [0.05, 0.1) is 17.8 Å². The third-order valence-electron chi connectivity index (χ3n) is 8.47. The molecule has 0 bridgehead atoms. The molecule has 46 heavy (non-hydrogen) atoms. The molecule has 0 amide bonds. The molecule has 1 aromatic heterocycles. The first-order valence-corrected chi connectivity index (χ1v) is 14.8. The molecule has 216 valence electrons. The minimum Gasteiger partial charge on any atom is -0.455 e. The van der Waals surface area contributed by atoms with Crippen molar-refractivity contribution in [3.8, 4) is 33.4 Å². The van der Waals surface area contributed by atoms with Crippen molar-refractivity contribution in [2.24, 2.45) is 0 Å². The van der Waals surface area contributed by atoms with Crippen molar-refractivity contribution >= 4 is 43.5 Å². The Morgan fingerprint density at radius 1 is 0.457 bits per heavy atom. The van der Waals surface area contributed by atoms with Gasteiger partial charge in [0.2, 0.25) is 0 Å². The molecule has 1 heteroatoms. The number of furan rings is 1. The highest BCUT2D eigenvalue weighted by Crippen LogP contribution is 2.42. The number of fused-ring (bicyclic) bond motifs is 5. The van der Waals surface area contributed by atoms with Gasteiger partial charge in [-0.1, -0.05) is 157 Å². The number of hydrogen-bond acceptors (Lipinski definition) is 1. The summed E-state index contributed by atoms with van der Waals surface area (Å²) in [6, 6.07) is 22.0. The summed E-state index contributed by atoms with van der Waals surface area (Å²) >= 11 is 0. The van der Waals surface area contributed by atoms with Gasteiger partial charge in [0, 0.05) is 16.3 Å². The van der Waals surface area contributed by atoms with E-state index in [1.807, 2.05) is 72.8 Å². The van der Waals surface area contributed by atoms with Gasteiger partial charge in [-0.05, 0) is 79.0 Å². The van der Waals surface area contributed by atoms with Crippen LogP contribution >= 0.6 is 0 Å². The van der Waals surface area contributed by atoms with E-state index < -0.39 is 85.0 Å². The van der Waals surface area contributed by atoms with Crippen LogP contribution in [0.3, 0.4) is 0 Å². The van der Waals surface area contributed by atoms with Crippen molar-refractivity contribution < 1.29 is 22.2 Å². The second-order valence-electron chi connectivity index (χ2n) is 11.1. The van der Waals surface area contributed by atoms with Gasteiger partial charge in [0.15, 0.2) is 0 Å². The Morgan fingerprint density at radius 2 is 1.09 bits per heavy atom. The Bertz CT molecular complexity index is 3160. The molecular formula is C45H30O. The molecule has 0 saturated carbocycles. The van der Waals surface area contributed by atoms with E-state index in [1.54, 1.807) is 12.1 Å². The summed E-state index contributed by atoms with van der Waals surface area (Å²) in [5, 5.41) is 1.64. The Balaban J connectivity index is 1.31. The highest BCUT2D eigenvalue weighted by Gasteiger charge is 2.17. The van der Waals surface area contributed by atoms with Gasteiger partial charge in [0.1, 0.15) is 11.2 Å². The van der Waals surface area contributed by atoms with Crippen LogP contribution in [0.15, 0.2) is 174 Å². The molecule has 8 aromatic carbocycles. The van der Waals surface area contributed by atoms with Gasteiger partial charge in [-0.3, -0.25) is 0 Å². The van der Waals surface area contributed by atoms with E-state index in [0.29, 0.717) is 16.7 Å². The zero-order valence-corrected chi connectivity index (χ0v) is 24.3. The highest BCUT2D eigenvalue weighted by atomic mass is 16.3. The van der Waals surface area contributed by atoms with Crippen molar-refractivity contribution in [3.05, 3.63) is 181 Å². The third kappa shape index (κ3) is 4.40. The lowest BCUT2D eigenvalue weighted by Gasteiger charge is -2.18. The van der Waals surface area contributed by atoms with Crippen LogP contribution in [0.1, 0.15) is 28.9 Å². The van der Waals surface area contributed by atoms with Gasteiger partial charge in [0.25, 0.3) is 0 Å². The van der Waals surface area contributed by atoms with Crippen LogP contribution < -0.4 is 0 Å². The van der Waals surface area contributed by atoms with Crippen LogP contribution in [-0.4, -0.2) is 0 Å². The molecule has 0 saturated heterocycles. The van der Waals surface area contributed by atoms with Crippen molar-refractivity contribution in [3.63, 3.8) is 0 Å². The molecule has 0 N–H and O–H groups in total. The second kappa shape index (κ2) is 10.9. The Labute approximate surface area is 286 Å². The largest absolute Gasteiger partial charge is 0.455 e. The molecule has 9 rings (SSSR count). The summed E-state index contributed by atoms with van der Waals surface area (Å²) in [4.78, 5) is 0. The van der Waals surface area contributed by atoms with E-state index >= 15 is 0 Å². The molecule has 0 aliphatic rings. The van der Waals surface area contributed by atoms with Crippen molar-refractivity contribution in [1.29, 1.82) is 0 Å². The standard InChI is InChI=1S/C45H30O/c1-3-12-30(13-4-1)28-41-36-16-7-9-18-38(36)44(39-19-10-8-17-37(39)41)33-24-22-32(23-25-33)35-20-11-21-40-42-29-34(31-14-5-2-6-15-31)26-27-43(42)46-45(35)40/h1-27,29H,28H2/i1D,3D,4D,7D,8D,9D,10D,12D,13D,16D,17D,18D,19D. The van der Waals surface area contributed by atoms with E-state index in [2.05, 4.69) is 6.07 Å². The average Bonchev–Trinajstić information content (AvgIpc) is 3.64. The quantitative estimate of drug-likeness (QED) is 0.179. The summed E-state index contributed by atoms with van der Waals surface area (Å²) in [5.74, 6) is 0. The van der Waals surface area contributed by atoms with Gasteiger partial charge >= 0.3 is 0 Å². The Kier molecular flexibility index (Phi) is 3.89. The zero-order valence-electron chi connectivity index (χ0n) is 37.3. The molecule has 0 radical (unpaired) electrons. The fourth-order valence-electron chi connectivity index (χ4n) is 6.36. The molecule has 1 nitrogen and oxygen atoms in total. The minimum atomic E-state index is -0.616. The van der Waals surface area contributed by atoms with Gasteiger partial charge in [-0.2, -0.15) is 0 Å². The number of hydrogen-bond donors (Lipinski definition) is 0. The molecule has 0 aliphatic carbocycles. The lowest BCUT2D eigenvalue weighted by Crippen LogP contribution is -1.95. The highest BCUT2D eigenvalue weighted by molar-refractivity contribution is 6.15. The first-order chi connectivity index (χ1) is 28.2. The maximum absolute atomic E-state index is 9.20. The van der Waals surface area contributed by atoms with Crippen LogP contribution in [-0.2, 0) is 6.42 Å². The second-order valence-corrected chi connectivity index (χ2v) is 11.1. The van der Waals surface area contributed by atoms with Crippen LogP contribution in [0.25, 0.3) is 76.9 Å². The van der Waals surface area contributed by atoms with E-state index in [4.69, 9.17) is 19.5 Å². The molecular weight excluding hydrogens is 556 g/mol. The molecule has 1 heterocycles. The molecule has 0 atom stereocenters. The average molecular weight is 600 g/mol. The van der Waals surface area contributed by atoms with E-state index in [9.17, 15) is 2.74 Å². The van der Waals surface area contributed by atoms with Crippen LogP contribution in [0.5, 0.6) is 0 Å². The first-order valence-electron chi connectivity index (χ1n) is 21.3. The summed E-state index contributed by atoms with van der Waals surface area (Å²) in [7, 11) is 0. The predicted molar refractivity (Wildman–Crippen MR) is 194 cm³/mol. The Morgan fingerprint density at radius 3 is 1.80 bits per heavy atom. The van der Waals surface area contributed by atoms with E-state index in [1.165, 1.54) is 0 Å².